The van der Waals surface area contributed by atoms with Crippen LogP contribution in [-0.2, 0) is 6.54 Å². The molecule has 1 saturated heterocycles. The van der Waals surface area contributed by atoms with E-state index in [9.17, 15) is 9.59 Å². The molecular weight excluding hydrogens is 304 g/mol. The van der Waals surface area contributed by atoms with E-state index in [0.29, 0.717) is 18.2 Å². The number of amides is 3. The summed E-state index contributed by atoms with van der Waals surface area (Å²) in [6, 6.07) is 7.35. The zero-order valence-electron chi connectivity index (χ0n) is 14.0. The predicted molar refractivity (Wildman–Crippen MR) is 92.5 cm³/mol. The average Bonchev–Trinajstić information content (AvgIpc) is 3.43. The van der Waals surface area contributed by atoms with Crippen molar-refractivity contribution < 1.29 is 9.59 Å². The van der Waals surface area contributed by atoms with E-state index in [-0.39, 0.29) is 5.91 Å². The van der Waals surface area contributed by atoms with Crippen molar-refractivity contribution in [2.45, 2.75) is 38.3 Å². The topological polar surface area (TPSA) is 87.5 Å². The molecule has 1 aromatic rings. The van der Waals surface area contributed by atoms with E-state index < -0.39 is 6.03 Å². The Hall–Kier alpha value is -2.08. The van der Waals surface area contributed by atoms with Gasteiger partial charge in [-0.05, 0) is 55.8 Å². The van der Waals surface area contributed by atoms with Crippen LogP contribution in [0.4, 0.5) is 4.79 Å². The third-order valence-electron chi connectivity index (χ3n) is 4.84. The van der Waals surface area contributed by atoms with Crippen LogP contribution >= 0.6 is 0 Å². The summed E-state index contributed by atoms with van der Waals surface area (Å²) < 4.78 is 0. The number of hydrogen-bond donors (Lipinski definition) is 3. The van der Waals surface area contributed by atoms with E-state index in [2.05, 4.69) is 10.6 Å². The van der Waals surface area contributed by atoms with Crippen LogP contribution in [0.5, 0.6) is 0 Å². The Kier molecular flexibility index (Phi) is 5.35. The first-order valence-corrected chi connectivity index (χ1v) is 8.76. The zero-order valence-corrected chi connectivity index (χ0v) is 14.0. The quantitative estimate of drug-likeness (QED) is 0.738. The third-order valence-corrected chi connectivity index (χ3v) is 4.84. The van der Waals surface area contributed by atoms with Crippen molar-refractivity contribution in [3.63, 3.8) is 0 Å². The summed E-state index contributed by atoms with van der Waals surface area (Å²) in [6.07, 6.45) is 4.79. The lowest BCUT2D eigenvalue weighted by Crippen LogP contribution is -2.45. The molecule has 4 N–H and O–H groups in total. The predicted octanol–water partition coefficient (Wildman–Crippen LogP) is 1.46. The highest BCUT2D eigenvalue weighted by Gasteiger charge is 2.26. The maximum atomic E-state index is 12.6. The van der Waals surface area contributed by atoms with E-state index in [1.54, 1.807) is 0 Å². The van der Waals surface area contributed by atoms with Crippen LogP contribution in [0.15, 0.2) is 24.3 Å². The number of nitrogens with one attached hydrogen (secondary N) is 2. The molecule has 0 atom stereocenters. The van der Waals surface area contributed by atoms with Crippen LogP contribution in [0.2, 0.25) is 0 Å². The van der Waals surface area contributed by atoms with Gasteiger partial charge in [0.15, 0.2) is 0 Å². The van der Waals surface area contributed by atoms with Crippen LogP contribution in [0.1, 0.15) is 41.6 Å². The monoisotopic (exact) mass is 330 g/mol. The highest BCUT2D eigenvalue weighted by atomic mass is 16.2. The van der Waals surface area contributed by atoms with Gasteiger partial charge in [0.2, 0.25) is 0 Å². The Morgan fingerprint density at radius 3 is 2.33 bits per heavy atom. The maximum Gasteiger partial charge on any atom is 0.312 e. The van der Waals surface area contributed by atoms with Crippen LogP contribution < -0.4 is 16.4 Å². The third kappa shape index (κ3) is 4.71. The number of rotatable bonds is 6. The van der Waals surface area contributed by atoms with Gasteiger partial charge in [0, 0.05) is 31.2 Å². The Labute approximate surface area is 142 Å². The first kappa shape index (κ1) is 16.8. The fraction of sp³-hybridized carbons (Fsp3) is 0.556. The molecule has 0 radical (unpaired) electrons. The lowest BCUT2D eigenvalue weighted by atomic mass is 10.0. The van der Waals surface area contributed by atoms with Gasteiger partial charge < -0.3 is 21.3 Å². The Morgan fingerprint density at radius 2 is 1.75 bits per heavy atom. The van der Waals surface area contributed by atoms with Gasteiger partial charge >= 0.3 is 6.03 Å². The van der Waals surface area contributed by atoms with E-state index in [1.807, 2.05) is 29.2 Å². The van der Waals surface area contributed by atoms with Crippen molar-refractivity contribution in [2.75, 3.05) is 19.6 Å². The van der Waals surface area contributed by atoms with Gasteiger partial charge in [-0.15, -0.1) is 0 Å². The molecule has 3 amide bonds. The molecule has 24 heavy (non-hydrogen) atoms. The number of hydrogen-bond acceptors (Lipinski definition) is 3. The molecule has 2 fully saturated rings. The van der Waals surface area contributed by atoms with Crippen LogP contribution in [-0.4, -0.2) is 42.5 Å². The number of piperidine rings is 1. The molecule has 1 aliphatic carbocycles. The molecule has 2 aliphatic rings. The molecule has 0 bridgehead atoms. The highest BCUT2D eigenvalue weighted by Crippen LogP contribution is 2.28. The minimum atomic E-state index is -0.548. The SMILES string of the molecule is NC(=O)NCc1ccc(C(=O)N2CCC(NCC3CC3)CC2)cc1. The molecule has 0 aromatic heterocycles. The molecule has 6 heteroatoms. The number of primary amides is 1. The van der Waals surface area contributed by atoms with Crippen molar-refractivity contribution in [3.8, 4) is 0 Å². The van der Waals surface area contributed by atoms with Crippen molar-refractivity contribution in [1.82, 2.24) is 15.5 Å². The fourth-order valence-corrected chi connectivity index (χ4v) is 3.08. The van der Waals surface area contributed by atoms with Crippen LogP contribution in [0.25, 0.3) is 0 Å². The molecule has 0 unspecified atom stereocenters. The van der Waals surface area contributed by atoms with E-state index in [1.165, 1.54) is 12.8 Å². The zero-order chi connectivity index (χ0) is 16.9. The Bertz CT molecular complexity index is 575. The van der Waals surface area contributed by atoms with Gasteiger partial charge in [-0.2, -0.15) is 0 Å². The van der Waals surface area contributed by atoms with E-state index in [4.69, 9.17) is 5.73 Å². The van der Waals surface area contributed by atoms with Crippen molar-refractivity contribution in [3.05, 3.63) is 35.4 Å². The number of urea groups is 1. The van der Waals surface area contributed by atoms with Gasteiger partial charge in [0.25, 0.3) is 5.91 Å². The van der Waals surface area contributed by atoms with Crippen molar-refractivity contribution in [2.24, 2.45) is 11.7 Å². The van der Waals surface area contributed by atoms with Gasteiger partial charge in [0.05, 0.1) is 0 Å². The Balaban J connectivity index is 1.46. The molecular formula is C18H26N4O2. The first-order valence-electron chi connectivity index (χ1n) is 8.76. The number of nitrogens with two attached hydrogens (primary N) is 1. The van der Waals surface area contributed by atoms with E-state index >= 15 is 0 Å². The molecule has 1 aromatic carbocycles. The first-order chi connectivity index (χ1) is 11.6. The second-order valence-electron chi connectivity index (χ2n) is 6.83. The van der Waals surface area contributed by atoms with Crippen LogP contribution in [0, 0.1) is 5.92 Å². The molecule has 130 valence electrons. The molecule has 6 nitrogen and oxygen atoms in total. The summed E-state index contributed by atoms with van der Waals surface area (Å²) in [5, 5.41) is 6.17. The molecule has 1 aliphatic heterocycles. The second-order valence-corrected chi connectivity index (χ2v) is 6.83. The number of likely N-dealkylation sites (tertiary alicyclic amines) is 1. The number of carbonyl (C=O) groups excluding carboxylic acids is 2. The van der Waals surface area contributed by atoms with Gasteiger partial charge in [-0.1, -0.05) is 12.1 Å². The summed E-state index contributed by atoms with van der Waals surface area (Å²) in [6.45, 7) is 3.14. The lowest BCUT2D eigenvalue weighted by Gasteiger charge is -2.32. The standard InChI is InChI=1S/C18H26N4O2/c19-18(24)21-12-14-3-5-15(6-4-14)17(23)22-9-7-16(8-10-22)20-11-13-1-2-13/h3-6,13,16,20H,1-2,7-12H2,(H3,19,21,24). The molecule has 1 heterocycles. The van der Waals surface area contributed by atoms with Gasteiger partial charge in [0.1, 0.15) is 0 Å². The molecule has 1 saturated carbocycles. The highest BCUT2D eigenvalue weighted by molar-refractivity contribution is 5.94. The summed E-state index contributed by atoms with van der Waals surface area (Å²) in [5.41, 5.74) is 6.67. The van der Waals surface area contributed by atoms with Gasteiger partial charge in [-0.25, -0.2) is 4.79 Å². The number of nitrogens with zero attached hydrogens (tertiary/aromatic N) is 1. The van der Waals surface area contributed by atoms with Crippen molar-refractivity contribution in [1.29, 1.82) is 0 Å². The fourth-order valence-electron chi connectivity index (χ4n) is 3.08. The summed E-state index contributed by atoms with van der Waals surface area (Å²) in [7, 11) is 0. The molecule has 3 rings (SSSR count). The normalized spacial score (nSPS) is 18.4. The second kappa shape index (κ2) is 7.66. The summed E-state index contributed by atoms with van der Waals surface area (Å²) >= 11 is 0. The summed E-state index contributed by atoms with van der Waals surface area (Å²) in [5.74, 6) is 0.984. The Morgan fingerprint density at radius 1 is 1.08 bits per heavy atom. The minimum Gasteiger partial charge on any atom is -0.352 e. The van der Waals surface area contributed by atoms with Crippen LogP contribution in [0.3, 0.4) is 0 Å². The molecule has 0 spiro atoms. The maximum absolute atomic E-state index is 12.6. The average molecular weight is 330 g/mol. The number of benzene rings is 1. The minimum absolute atomic E-state index is 0.0880. The number of carbonyl (C=O) groups is 2. The smallest absolute Gasteiger partial charge is 0.312 e. The summed E-state index contributed by atoms with van der Waals surface area (Å²) in [4.78, 5) is 25.2. The van der Waals surface area contributed by atoms with E-state index in [0.717, 1.165) is 44.0 Å². The van der Waals surface area contributed by atoms with Gasteiger partial charge in [-0.3, -0.25) is 4.79 Å². The largest absolute Gasteiger partial charge is 0.352 e. The lowest BCUT2D eigenvalue weighted by molar-refractivity contribution is 0.0705. The van der Waals surface area contributed by atoms with Crippen molar-refractivity contribution >= 4 is 11.9 Å².